The molecule has 0 spiro atoms. The summed E-state index contributed by atoms with van der Waals surface area (Å²) in [4.78, 5) is 0. The summed E-state index contributed by atoms with van der Waals surface area (Å²) in [6.45, 7) is 0. The lowest BCUT2D eigenvalue weighted by Gasteiger charge is -2.18. The quantitative estimate of drug-likeness (QED) is 0.166. The van der Waals surface area contributed by atoms with Crippen molar-refractivity contribution < 1.29 is 13.3 Å². The lowest BCUT2D eigenvalue weighted by molar-refractivity contribution is 0.668. The minimum atomic E-state index is 0.861. The average molecular weight is 853 g/mol. The van der Waals surface area contributed by atoms with Crippen molar-refractivity contribution in [2.24, 2.45) is 0 Å². The number of para-hydroxylation sites is 2. The molecule has 0 aliphatic heterocycles. The van der Waals surface area contributed by atoms with E-state index in [1.165, 1.54) is 76.5 Å². The van der Waals surface area contributed by atoms with Gasteiger partial charge in [-0.05, 0) is 142 Å². The highest BCUT2D eigenvalue weighted by Gasteiger charge is 2.23. The molecular weight excluding hydrogens is 817 g/mol. The molecule has 67 heavy (non-hydrogen) atoms. The summed E-state index contributed by atoms with van der Waals surface area (Å²) in [7, 11) is 0. The zero-order valence-electron chi connectivity index (χ0n) is 36.0. The Bertz CT molecular complexity index is 4460. The van der Waals surface area contributed by atoms with Gasteiger partial charge in [0.2, 0.25) is 0 Å². The fourth-order valence-electron chi connectivity index (χ4n) is 11.4. The fraction of sp³-hybridized carbons (Fsp3) is 0. The van der Waals surface area contributed by atoms with Gasteiger partial charge in [0.15, 0.2) is 0 Å². The molecule has 0 amide bonds. The normalized spacial score (nSPS) is 12.2. The molecule has 0 fully saturated rings. The van der Waals surface area contributed by atoms with E-state index in [4.69, 9.17) is 13.3 Å². The van der Waals surface area contributed by atoms with Crippen LogP contribution in [0.15, 0.2) is 232 Å². The SMILES string of the molecule is c1ccc2c(c1)oc1ccc(-c3c4ccccc4c(-c4ccc5c(c4)oc4cccc(-c6c7ccccc7c(-c7ccc8oc9ccccc9c8c7)c7ccccc67)c45)c4ccccc34)cc12. The highest BCUT2D eigenvalue weighted by Crippen LogP contribution is 2.50. The van der Waals surface area contributed by atoms with E-state index in [2.05, 4.69) is 194 Å². The van der Waals surface area contributed by atoms with Crippen molar-refractivity contribution in [2.45, 2.75) is 0 Å². The van der Waals surface area contributed by atoms with Gasteiger partial charge in [-0.1, -0.05) is 164 Å². The Morgan fingerprint density at radius 3 is 1.00 bits per heavy atom. The molecule has 0 aliphatic carbocycles. The van der Waals surface area contributed by atoms with Crippen molar-refractivity contribution >= 4 is 109 Å². The van der Waals surface area contributed by atoms with Crippen molar-refractivity contribution in [3.05, 3.63) is 218 Å². The summed E-state index contributed by atoms with van der Waals surface area (Å²) < 4.78 is 19.4. The van der Waals surface area contributed by atoms with Crippen LogP contribution in [0.4, 0.5) is 0 Å². The summed E-state index contributed by atoms with van der Waals surface area (Å²) in [6.07, 6.45) is 0. The summed E-state index contributed by atoms with van der Waals surface area (Å²) in [5.74, 6) is 0. The number of fused-ring (bicyclic) bond motifs is 13. The van der Waals surface area contributed by atoms with E-state index >= 15 is 0 Å². The molecule has 3 heteroatoms. The van der Waals surface area contributed by atoms with Crippen LogP contribution in [0.2, 0.25) is 0 Å². The summed E-state index contributed by atoms with van der Waals surface area (Å²) >= 11 is 0. The average Bonchev–Trinajstić information content (AvgIpc) is 4.08. The molecule has 0 atom stereocenters. The second-order valence-electron chi connectivity index (χ2n) is 17.8. The Kier molecular flexibility index (Phi) is 7.50. The van der Waals surface area contributed by atoms with Crippen LogP contribution in [0.3, 0.4) is 0 Å². The third-order valence-corrected chi connectivity index (χ3v) is 14.2. The van der Waals surface area contributed by atoms with Crippen molar-refractivity contribution in [1.82, 2.24) is 0 Å². The first-order valence-corrected chi connectivity index (χ1v) is 22.9. The van der Waals surface area contributed by atoms with Crippen LogP contribution in [0.5, 0.6) is 0 Å². The molecule has 3 aromatic heterocycles. The summed E-state index contributed by atoms with van der Waals surface area (Å²) in [5, 5.41) is 16.3. The van der Waals surface area contributed by atoms with E-state index in [0.717, 1.165) is 76.9 Å². The van der Waals surface area contributed by atoms with Gasteiger partial charge in [-0.15, -0.1) is 0 Å². The van der Waals surface area contributed by atoms with E-state index in [0.29, 0.717) is 0 Å². The first-order chi connectivity index (χ1) is 33.2. The van der Waals surface area contributed by atoms with E-state index < -0.39 is 0 Å². The third-order valence-electron chi connectivity index (χ3n) is 14.2. The Balaban J connectivity index is 0.936. The fourth-order valence-corrected chi connectivity index (χ4v) is 11.4. The Labute approximate surface area is 383 Å². The van der Waals surface area contributed by atoms with E-state index in [1.807, 2.05) is 24.3 Å². The van der Waals surface area contributed by atoms with Crippen LogP contribution < -0.4 is 0 Å². The molecule has 0 saturated carbocycles. The van der Waals surface area contributed by atoms with E-state index in [9.17, 15) is 0 Å². The van der Waals surface area contributed by atoms with Gasteiger partial charge in [0.1, 0.15) is 33.5 Å². The highest BCUT2D eigenvalue weighted by atomic mass is 16.3. The lowest BCUT2D eigenvalue weighted by Crippen LogP contribution is -1.91. The zero-order chi connectivity index (χ0) is 43.7. The van der Waals surface area contributed by atoms with Crippen LogP contribution >= 0.6 is 0 Å². The van der Waals surface area contributed by atoms with Crippen molar-refractivity contribution in [1.29, 1.82) is 0 Å². The van der Waals surface area contributed by atoms with Crippen LogP contribution in [-0.2, 0) is 0 Å². The van der Waals surface area contributed by atoms with Crippen LogP contribution in [-0.4, -0.2) is 0 Å². The molecule has 0 N–H and O–H groups in total. The predicted octanol–water partition coefficient (Wildman–Crippen LogP) is 18.7. The molecule has 3 nitrogen and oxygen atoms in total. The maximum absolute atomic E-state index is 6.93. The van der Waals surface area contributed by atoms with Crippen molar-refractivity contribution in [2.75, 3.05) is 0 Å². The molecule has 15 rings (SSSR count). The number of furan rings is 3. The Hall–Kier alpha value is -8.92. The van der Waals surface area contributed by atoms with Gasteiger partial charge < -0.3 is 13.3 Å². The van der Waals surface area contributed by atoms with Gasteiger partial charge in [-0.3, -0.25) is 0 Å². The first kappa shape index (κ1) is 36.4. The summed E-state index contributed by atoms with van der Waals surface area (Å²) in [6, 6.07) is 78.6. The standard InChI is InChI=1S/C64H36O3/c1-3-18-44-42(16-1)60(37-29-32-56-52(34-37)40-14-9-11-25-54(40)65-56)43-17-2-4-19-45(43)62(44)39-28-31-50-59(36-39)67-58-27-13-24-51(64(50)58)63-48-22-7-5-20-46(48)61(47-21-6-8-23-49(47)63)38-30-33-57-53(35-38)41-15-10-12-26-55(41)66-57/h1-36H. The number of benzene rings is 12. The molecule has 310 valence electrons. The molecule has 0 bridgehead atoms. The number of hydrogen-bond donors (Lipinski definition) is 0. The predicted molar refractivity (Wildman–Crippen MR) is 280 cm³/mol. The minimum absolute atomic E-state index is 0.861. The van der Waals surface area contributed by atoms with Gasteiger partial charge in [-0.2, -0.15) is 0 Å². The number of rotatable bonds is 4. The molecule has 0 saturated heterocycles. The second-order valence-corrected chi connectivity index (χ2v) is 17.8. The molecule has 0 aliphatic rings. The Morgan fingerprint density at radius 2 is 0.537 bits per heavy atom. The van der Waals surface area contributed by atoms with Gasteiger partial charge in [0.25, 0.3) is 0 Å². The molecule has 15 aromatic rings. The topological polar surface area (TPSA) is 39.4 Å². The van der Waals surface area contributed by atoms with Gasteiger partial charge in [0.05, 0.1) is 0 Å². The smallest absolute Gasteiger partial charge is 0.136 e. The second kappa shape index (κ2) is 13.8. The minimum Gasteiger partial charge on any atom is -0.456 e. The van der Waals surface area contributed by atoms with Crippen LogP contribution in [0.25, 0.3) is 153 Å². The first-order valence-electron chi connectivity index (χ1n) is 22.9. The van der Waals surface area contributed by atoms with E-state index in [1.54, 1.807) is 0 Å². The van der Waals surface area contributed by atoms with E-state index in [-0.39, 0.29) is 0 Å². The third kappa shape index (κ3) is 5.22. The zero-order valence-corrected chi connectivity index (χ0v) is 36.0. The monoisotopic (exact) mass is 852 g/mol. The van der Waals surface area contributed by atoms with Crippen LogP contribution in [0.1, 0.15) is 0 Å². The van der Waals surface area contributed by atoms with Crippen molar-refractivity contribution in [3.8, 4) is 44.5 Å². The van der Waals surface area contributed by atoms with Crippen LogP contribution in [0, 0.1) is 0 Å². The molecular formula is C64H36O3. The molecule has 0 unspecified atom stereocenters. The van der Waals surface area contributed by atoms with Gasteiger partial charge >= 0.3 is 0 Å². The molecule has 12 aromatic carbocycles. The maximum Gasteiger partial charge on any atom is 0.136 e. The lowest BCUT2D eigenvalue weighted by atomic mass is 9.84. The highest BCUT2D eigenvalue weighted by molar-refractivity contribution is 6.27. The van der Waals surface area contributed by atoms with Crippen molar-refractivity contribution in [3.63, 3.8) is 0 Å². The molecule has 0 radical (unpaired) electrons. The van der Waals surface area contributed by atoms with Gasteiger partial charge in [-0.25, -0.2) is 0 Å². The largest absolute Gasteiger partial charge is 0.456 e. The van der Waals surface area contributed by atoms with Gasteiger partial charge in [0, 0.05) is 32.3 Å². The Morgan fingerprint density at radius 1 is 0.194 bits per heavy atom. The molecule has 3 heterocycles. The summed E-state index contributed by atoms with van der Waals surface area (Å²) in [5.41, 5.74) is 14.8. The number of hydrogen-bond acceptors (Lipinski definition) is 3. The maximum atomic E-state index is 6.93.